The van der Waals surface area contributed by atoms with E-state index in [9.17, 15) is 4.79 Å². The van der Waals surface area contributed by atoms with Gasteiger partial charge < -0.3 is 9.64 Å². The van der Waals surface area contributed by atoms with Gasteiger partial charge in [0, 0.05) is 19.0 Å². The number of hydrogen-bond donors (Lipinski definition) is 1. The van der Waals surface area contributed by atoms with Crippen LogP contribution in [0.4, 0.5) is 0 Å². The molecule has 1 aromatic heterocycles. The fourth-order valence-electron chi connectivity index (χ4n) is 3.30. The third-order valence-electron chi connectivity index (χ3n) is 4.51. The van der Waals surface area contributed by atoms with Crippen molar-refractivity contribution >= 4 is 5.91 Å². The minimum Gasteiger partial charge on any atom is -0.480 e. The molecule has 1 fully saturated rings. The first kappa shape index (κ1) is 13.3. The Morgan fingerprint density at radius 2 is 2.23 bits per heavy atom. The van der Waals surface area contributed by atoms with Crippen LogP contribution in [0.5, 0.6) is 5.75 Å². The zero-order valence-corrected chi connectivity index (χ0v) is 12.2. The second-order valence-electron chi connectivity index (χ2n) is 5.89. The number of aromatic nitrogens is 3. The summed E-state index contributed by atoms with van der Waals surface area (Å²) in [6, 6.07) is 7.95. The van der Waals surface area contributed by atoms with E-state index < -0.39 is 0 Å². The lowest BCUT2D eigenvalue weighted by molar-refractivity contribution is -0.138. The van der Waals surface area contributed by atoms with Crippen molar-refractivity contribution in [3.8, 4) is 5.75 Å². The lowest BCUT2D eigenvalue weighted by Crippen LogP contribution is -2.42. The summed E-state index contributed by atoms with van der Waals surface area (Å²) < 4.78 is 5.91. The van der Waals surface area contributed by atoms with Gasteiger partial charge in [-0.1, -0.05) is 18.2 Å². The average Bonchev–Trinajstić information content (AvgIpc) is 3.24. The molecule has 0 aliphatic carbocycles. The Hall–Kier alpha value is -2.37. The van der Waals surface area contributed by atoms with Crippen LogP contribution in [0.15, 0.2) is 30.6 Å². The number of hydrogen-bond acceptors (Lipinski definition) is 4. The number of para-hydroxylation sites is 1. The van der Waals surface area contributed by atoms with Gasteiger partial charge in [-0.15, -0.1) is 0 Å². The molecule has 4 rings (SSSR count). The third-order valence-corrected chi connectivity index (χ3v) is 4.51. The summed E-state index contributed by atoms with van der Waals surface area (Å²) in [6.45, 7) is 1.45. The molecule has 3 heterocycles. The van der Waals surface area contributed by atoms with Gasteiger partial charge in [-0.3, -0.25) is 9.89 Å². The van der Waals surface area contributed by atoms with E-state index in [-0.39, 0.29) is 17.9 Å². The summed E-state index contributed by atoms with van der Waals surface area (Å²) in [6.07, 6.45) is 3.72. The zero-order chi connectivity index (χ0) is 14.9. The molecular formula is C16H18N4O2. The molecule has 6 nitrogen and oxygen atoms in total. The van der Waals surface area contributed by atoms with Crippen LogP contribution in [0.25, 0.3) is 0 Å². The first-order valence-corrected chi connectivity index (χ1v) is 7.70. The van der Waals surface area contributed by atoms with Crippen molar-refractivity contribution in [2.45, 2.75) is 31.3 Å². The molecule has 0 spiro atoms. The summed E-state index contributed by atoms with van der Waals surface area (Å²) in [5.74, 6) is 2.06. The van der Waals surface area contributed by atoms with Gasteiger partial charge >= 0.3 is 0 Å². The smallest absolute Gasteiger partial charge is 0.263 e. The Bertz CT molecular complexity index is 671. The molecule has 1 N–H and O–H groups in total. The number of aryl methyl sites for hydroxylation is 1. The Balaban J connectivity index is 1.43. The number of likely N-dealkylation sites (tertiary alicyclic amines) is 1. The van der Waals surface area contributed by atoms with Crippen molar-refractivity contribution in [3.63, 3.8) is 0 Å². The van der Waals surface area contributed by atoms with Crippen LogP contribution in [-0.4, -0.2) is 45.2 Å². The van der Waals surface area contributed by atoms with Crippen molar-refractivity contribution in [1.29, 1.82) is 0 Å². The third kappa shape index (κ3) is 2.34. The van der Waals surface area contributed by atoms with Gasteiger partial charge in [0.05, 0.1) is 0 Å². The molecule has 114 valence electrons. The summed E-state index contributed by atoms with van der Waals surface area (Å²) in [4.78, 5) is 18.8. The van der Waals surface area contributed by atoms with Crippen molar-refractivity contribution in [2.75, 3.05) is 13.1 Å². The zero-order valence-electron chi connectivity index (χ0n) is 12.2. The topological polar surface area (TPSA) is 71.1 Å². The Kier molecular flexibility index (Phi) is 3.29. The molecule has 2 unspecified atom stereocenters. The molecule has 1 saturated heterocycles. The maximum atomic E-state index is 12.7. The first-order valence-electron chi connectivity index (χ1n) is 7.70. The average molecular weight is 298 g/mol. The molecule has 2 aliphatic heterocycles. The Morgan fingerprint density at radius 1 is 1.32 bits per heavy atom. The highest BCUT2D eigenvalue weighted by Gasteiger charge is 2.35. The van der Waals surface area contributed by atoms with E-state index >= 15 is 0 Å². The summed E-state index contributed by atoms with van der Waals surface area (Å²) in [5, 5.41) is 6.79. The number of nitrogens with one attached hydrogen (secondary N) is 1. The van der Waals surface area contributed by atoms with E-state index in [1.165, 1.54) is 11.9 Å². The number of fused-ring (bicyclic) bond motifs is 1. The number of benzene rings is 1. The van der Waals surface area contributed by atoms with E-state index in [0.29, 0.717) is 6.54 Å². The number of carbonyl (C=O) groups excluding carboxylic acids is 1. The fourth-order valence-corrected chi connectivity index (χ4v) is 3.30. The van der Waals surface area contributed by atoms with Crippen LogP contribution in [0.3, 0.4) is 0 Å². The lowest BCUT2D eigenvalue weighted by atomic mass is 10.0. The molecule has 0 saturated carbocycles. The highest BCUT2D eigenvalue weighted by molar-refractivity contribution is 5.82. The minimum absolute atomic E-state index is 0.0940. The number of ether oxygens (including phenoxy) is 1. The molecular weight excluding hydrogens is 280 g/mol. The molecule has 0 bridgehead atoms. The van der Waals surface area contributed by atoms with Crippen LogP contribution < -0.4 is 4.74 Å². The van der Waals surface area contributed by atoms with Crippen molar-refractivity contribution < 1.29 is 9.53 Å². The van der Waals surface area contributed by atoms with Crippen LogP contribution in [-0.2, 0) is 11.2 Å². The summed E-state index contributed by atoms with van der Waals surface area (Å²) in [5.41, 5.74) is 1.19. The largest absolute Gasteiger partial charge is 0.480 e. The van der Waals surface area contributed by atoms with E-state index in [2.05, 4.69) is 21.2 Å². The van der Waals surface area contributed by atoms with Crippen molar-refractivity contribution in [1.82, 2.24) is 20.1 Å². The Labute approximate surface area is 128 Å². The van der Waals surface area contributed by atoms with Crippen LogP contribution >= 0.6 is 0 Å². The van der Waals surface area contributed by atoms with E-state index in [1.807, 2.05) is 23.1 Å². The summed E-state index contributed by atoms with van der Waals surface area (Å²) >= 11 is 0. The fraction of sp³-hybridized carbons (Fsp3) is 0.438. The number of H-pyrrole nitrogens is 1. The second-order valence-corrected chi connectivity index (χ2v) is 5.89. The molecule has 1 amide bonds. The van der Waals surface area contributed by atoms with Gasteiger partial charge in [0.25, 0.3) is 5.91 Å². The maximum Gasteiger partial charge on any atom is 0.263 e. The van der Waals surface area contributed by atoms with Gasteiger partial charge in [-0.05, 0) is 30.9 Å². The van der Waals surface area contributed by atoms with Gasteiger partial charge in [0.15, 0.2) is 6.10 Å². The second kappa shape index (κ2) is 5.44. The first-order chi connectivity index (χ1) is 10.8. The highest BCUT2D eigenvalue weighted by atomic mass is 16.5. The summed E-state index contributed by atoms with van der Waals surface area (Å²) in [7, 11) is 0. The van der Waals surface area contributed by atoms with Gasteiger partial charge in [0.2, 0.25) is 0 Å². The predicted molar refractivity (Wildman–Crippen MR) is 79.5 cm³/mol. The van der Waals surface area contributed by atoms with Gasteiger partial charge in [-0.2, -0.15) is 5.10 Å². The molecule has 1 aromatic carbocycles. The predicted octanol–water partition coefficient (Wildman–Crippen LogP) is 1.51. The molecule has 2 aliphatic rings. The quantitative estimate of drug-likeness (QED) is 0.912. The minimum atomic E-state index is -0.358. The standard InChI is InChI=1S/C16H18N4O2/c21-16(14-6-5-11-3-1-2-4-13(11)22-14)20-8-7-12(9-20)15-17-10-18-19-15/h1-4,10,12,14H,5-9H2,(H,17,18,19). The molecule has 2 atom stereocenters. The van der Waals surface area contributed by atoms with E-state index in [0.717, 1.165) is 37.4 Å². The molecule has 2 aromatic rings. The number of rotatable bonds is 2. The normalized spacial score (nSPS) is 23.9. The van der Waals surface area contributed by atoms with E-state index in [4.69, 9.17) is 4.74 Å². The van der Waals surface area contributed by atoms with Crippen molar-refractivity contribution in [3.05, 3.63) is 42.0 Å². The monoisotopic (exact) mass is 298 g/mol. The van der Waals surface area contributed by atoms with Crippen LogP contribution in [0.1, 0.15) is 30.1 Å². The van der Waals surface area contributed by atoms with Crippen LogP contribution in [0, 0.1) is 0 Å². The Morgan fingerprint density at radius 3 is 3.09 bits per heavy atom. The molecule has 6 heteroatoms. The maximum absolute atomic E-state index is 12.7. The lowest BCUT2D eigenvalue weighted by Gasteiger charge is -2.28. The van der Waals surface area contributed by atoms with E-state index in [1.54, 1.807) is 0 Å². The number of nitrogens with zero attached hydrogens (tertiary/aromatic N) is 3. The van der Waals surface area contributed by atoms with Crippen molar-refractivity contribution in [2.24, 2.45) is 0 Å². The highest BCUT2D eigenvalue weighted by Crippen LogP contribution is 2.30. The molecule has 0 radical (unpaired) electrons. The van der Waals surface area contributed by atoms with Gasteiger partial charge in [0.1, 0.15) is 17.9 Å². The number of amides is 1. The number of aromatic amines is 1. The van der Waals surface area contributed by atoms with Gasteiger partial charge in [-0.25, -0.2) is 4.98 Å². The molecule has 22 heavy (non-hydrogen) atoms. The van der Waals surface area contributed by atoms with Crippen LogP contribution in [0.2, 0.25) is 0 Å². The SMILES string of the molecule is O=C(C1CCc2ccccc2O1)N1CCC(c2ncn[nH]2)C1. The number of carbonyl (C=O) groups is 1.